The lowest BCUT2D eigenvalue weighted by molar-refractivity contribution is -0.135. The largest absolute Gasteiger partial charge is 0.481 e. The van der Waals surface area contributed by atoms with Gasteiger partial charge in [0.1, 0.15) is 5.33 Å². The van der Waals surface area contributed by atoms with Crippen molar-refractivity contribution < 1.29 is 19.8 Å². The number of halogens is 1. The SMILES string of the molecule is NCC(=O)O.O=C(O)CBr. The summed E-state index contributed by atoms with van der Waals surface area (Å²) in [6.45, 7) is -0.278. The molecule has 0 spiro atoms. The van der Waals surface area contributed by atoms with Gasteiger partial charge in [0.15, 0.2) is 0 Å². The molecule has 0 unspecified atom stereocenters. The van der Waals surface area contributed by atoms with Gasteiger partial charge in [-0.05, 0) is 0 Å². The number of carbonyl (C=O) groups is 2. The second kappa shape index (κ2) is 8.38. The predicted molar refractivity (Wildman–Crippen MR) is 38.1 cm³/mol. The molecule has 10 heavy (non-hydrogen) atoms. The van der Waals surface area contributed by atoms with Gasteiger partial charge in [0.05, 0.1) is 6.54 Å². The van der Waals surface area contributed by atoms with E-state index in [1.54, 1.807) is 0 Å². The number of hydrogen-bond acceptors (Lipinski definition) is 3. The average Bonchev–Trinajstić information content (AvgIpc) is 1.89. The first-order valence-electron chi connectivity index (χ1n) is 2.24. The third-order valence-corrected chi connectivity index (χ3v) is 0.769. The average molecular weight is 214 g/mol. The first kappa shape index (κ1) is 12.1. The minimum Gasteiger partial charge on any atom is -0.481 e. The molecule has 6 heteroatoms. The van der Waals surface area contributed by atoms with Crippen molar-refractivity contribution in [1.82, 2.24) is 0 Å². The third-order valence-electron chi connectivity index (χ3n) is 0.289. The number of aliphatic carboxylic acids is 2. The summed E-state index contributed by atoms with van der Waals surface area (Å²) < 4.78 is 0. The minimum atomic E-state index is -0.968. The molecule has 5 nitrogen and oxygen atoms in total. The highest BCUT2D eigenvalue weighted by Crippen LogP contribution is 1.73. The predicted octanol–water partition coefficient (Wildman–Crippen LogP) is -0.504. The number of rotatable bonds is 2. The van der Waals surface area contributed by atoms with Crippen molar-refractivity contribution >= 4 is 27.9 Å². The first-order valence-corrected chi connectivity index (χ1v) is 3.36. The standard InChI is InChI=1S/C2H3BrO2.C2H5NO2/c2*3-1-2(4)5/h1H2,(H,4,5);1,3H2,(H,4,5). The molecule has 0 rings (SSSR count). The van der Waals surface area contributed by atoms with Crippen molar-refractivity contribution in [2.45, 2.75) is 0 Å². The van der Waals surface area contributed by atoms with Gasteiger partial charge in [-0.1, -0.05) is 15.9 Å². The van der Waals surface area contributed by atoms with Crippen molar-refractivity contribution in [3.05, 3.63) is 0 Å². The van der Waals surface area contributed by atoms with Crippen LogP contribution < -0.4 is 5.73 Å². The summed E-state index contributed by atoms with van der Waals surface area (Å²) in [5, 5.41) is 15.3. The van der Waals surface area contributed by atoms with E-state index in [4.69, 9.17) is 10.2 Å². The van der Waals surface area contributed by atoms with Gasteiger partial charge in [0, 0.05) is 0 Å². The molecule has 60 valence electrons. The van der Waals surface area contributed by atoms with Gasteiger partial charge >= 0.3 is 11.9 Å². The number of carboxylic acid groups (broad SMARTS) is 2. The molecule has 0 heterocycles. The van der Waals surface area contributed by atoms with Crippen LogP contribution >= 0.6 is 15.9 Å². The van der Waals surface area contributed by atoms with E-state index in [1.807, 2.05) is 0 Å². The van der Waals surface area contributed by atoms with Crippen LogP contribution in [0, 0.1) is 0 Å². The van der Waals surface area contributed by atoms with E-state index in [0.29, 0.717) is 0 Å². The maximum atomic E-state index is 9.32. The van der Waals surface area contributed by atoms with Crippen LogP contribution in [0.15, 0.2) is 0 Å². The Morgan fingerprint density at radius 3 is 1.50 bits per heavy atom. The zero-order valence-electron chi connectivity index (χ0n) is 5.08. The third kappa shape index (κ3) is 26.3. The lowest BCUT2D eigenvalue weighted by Crippen LogP contribution is -2.10. The van der Waals surface area contributed by atoms with Crippen molar-refractivity contribution in [2.24, 2.45) is 5.73 Å². The highest BCUT2D eigenvalue weighted by atomic mass is 79.9. The highest BCUT2D eigenvalue weighted by molar-refractivity contribution is 9.09. The molecule has 0 aromatic carbocycles. The Balaban J connectivity index is 0. The summed E-state index contributed by atoms with van der Waals surface area (Å²) in [6.07, 6.45) is 0. The van der Waals surface area contributed by atoms with Crippen LogP contribution in [0.4, 0.5) is 0 Å². The van der Waals surface area contributed by atoms with Crippen LogP contribution in [0.3, 0.4) is 0 Å². The topological polar surface area (TPSA) is 101 Å². The Kier molecular flexibility index (Phi) is 10.1. The van der Waals surface area contributed by atoms with Crippen LogP contribution in [-0.2, 0) is 9.59 Å². The molecule has 0 radical (unpaired) electrons. The molecule has 0 saturated carbocycles. The molecule has 0 aliphatic heterocycles. The Bertz CT molecular complexity index is 102. The quantitative estimate of drug-likeness (QED) is 0.537. The monoisotopic (exact) mass is 213 g/mol. The van der Waals surface area contributed by atoms with Gasteiger partial charge in [0.25, 0.3) is 0 Å². The molecule has 0 aliphatic rings. The fourth-order valence-electron chi connectivity index (χ4n) is 0. The van der Waals surface area contributed by atoms with Crippen molar-refractivity contribution in [3.8, 4) is 0 Å². The van der Waals surface area contributed by atoms with Crippen molar-refractivity contribution in [2.75, 3.05) is 11.9 Å². The number of nitrogens with two attached hydrogens (primary N) is 1. The number of hydrogen-bond donors (Lipinski definition) is 3. The normalized spacial score (nSPS) is 7.40. The zero-order valence-corrected chi connectivity index (χ0v) is 6.67. The van der Waals surface area contributed by atoms with Crippen LogP contribution in [-0.4, -0.2) is 34.0 Å². The zero-order chi connectivity index (χ0) is 8.57. The Morgan fingerprint density at radius 1 is 1.30 bits per heavy atom. The molecule has 0 saturated heterocycles. The molecule has 0 aromatic heterocycles. The van der Waals surface area contributed by atoms with Crippen LogP contribution in [0.5, 0.6) is 0 Å². The summed E-state index contributed by atoms with van der Waals surface area (Å²) in [5.74, 6) is -1.80. The Morgan fingerprint density at radius 2 is 1.50 bits per heavy atom. The molecule has 0 aromatic rings. The second-order valence-electron chi connectivity index (χ2n) is 1.13. The molecule has 0 bridgehead atoms. The van der Waals surface area contributed by atoms with E-state index in [1.165, 1.54) is 0 Å². The van der Waals surface area contributed by atoms with E-state index in [0.717, 1.165) is 0 Å². The number of alkyl halides is 1. The fraction of sp³-hybridized carbons (Fsp3) is 0.500. The van der Waals surface area contributed by atoms with Gasteiger partial charge in [0.2, 0.25) is 0 Å². The van der Waals surface area contributed by atoms with Gasteiger partial charge < -0.3 is 15.9 Å². The summed E-state index contributed by atoms with van der Waals surface area (Å²) in [4.78, 5) is 18.6. The highest BCUT2D eigenvalue weighted by Gasteiger charge is 1.83. The Hall–Kier alpha value is -0.620. The summed E-state index contributed by atoms with van der Waals surface area (Å²) in [7, 11) is 0. The summed E-state index contributed by atoms with van der Waals surface area (Å²) in [5.41, 5.74) is 4.57. The molecule has 0 atom stereocenters. The maximum Gasteiger partial charge on any atom is 0.317 e. The smallest absolute Gasteiger partial charge is 0.317 e. The summed E-state index contributed by atoms with van der Waals surface area (Å²) in [6, 6.07) is 0. The molecule has 0 amide bonds. The summed E-state index contributed by atoms with van der Waals surface area (Å²) >= 11 is 2.71. The maximum absolute atomic E-state index is 9.32. The van der Waals surface area contributed by atoms with Crippen molar-refractivity contribution in [1.29, 1.82) is 0 Å². The van der Waals surface area contributed by atoms with Gasteiger partial charge in [-0.25, -0.2) is 0 Å². The van der Waals surface area contributed by atoms with Crippen LogP contribution in [0.2, 0.25) is 0 Å². The number of carboxylic acids is 2. The van der Waals surface area contributed by atoms with Crippen LogP contribution in [0.25, 0.3) is 0 Å². The molecular formula is C4H8BrNO4. The van der Waals surface area contributed by atoms with Crippen LogP contribution in [0.1, 0.15) is 0 Å². The lowest BCUT2D eigenvalue weighted by Gasteiger charge is -1.73. The van der Waals surface area contributed by atoms with E-state index in [2.05, 4.69) is 21.7 Å². The minimum absolute atomic E-state index is 0.0347. The molecule has 0 aliphatic carbocycles. The van der Waals surface area contributed by atoms with E-state index in [9.17, 15) is 9.59 Å². The van der Waals surface area contributed by atoms with Gasteiger partial charge in [-0.2, -0.15) is 0 Å². The Labute approximate surface area is 66.0 Å². The van der Waals surface area contributed by atoms with Gasteiger partial charge in [-0.3, -0.25) is 9.59 Å². The first-order chi connectivity index (χ1) is 4.54. The lowest BCUT2D eigenvalue weighted by atomic mass is 10.7. The van der Waals surface area contributed by atoms with E-state index < -0.39 is 11.9 Å². The van der Waals surface area contributed by atoms with Gasteiger partial charge in [-0.15, -0.1) is 0 Å². The second-order valence-corrected chi connectivity index (χ2v) is 1.69. The molecular weight excluding hydrogens is 206 g/mol. The fourth-order valence-corrected chi connectivity index (χ4v) is 0. The van der Waals surface area contributed by atoms with Crippen molar-refractivity contribution in [3.63, 3.8) is 0 Å². The van der Waals surface area contributed by atoms with E-state index >= 15 is 0 Å². The van der Waals surface area contributed by atoms with E-state index in [-0.39, 0.29) is 11.9 Å². The molecule has 0 fully saturated rings. The molecule has 4 N–H and O–H groups in total.